The molecule has 0 aromatic carbocycles. The number of allylic oxidation sites excluding steroid dienone is 1. The molecule has 0 aliphatic carbocycles. The Balaban J connectivity index is 4.13. The van der Waals surface area contributed by atoms with Crippen LogP contribution in [0, 0.1) is 11.8 Å². The summed E-state index contributed by atoms with van der Waals surface area (Å²) in [5, 5.41) is 46.9. The molecule has 0 radical (unpaired) electrons. The minimum absolute atomic E-state index is 0.522. The molecule has 0 fully saturated rings. The number of carbonyl (C=O) groups is 1. The molecule has 0 saturated heterocycles. The zero-order chi connectivity index (χ0) is 21.7. The Hall–Kier alpha value is -0.990. The molecule has 7 heteroatoms. The second kappa shape index (κ2) is 14.9. The SMILES string of the molecule is CC(=CC(=O)OC[C@H](O)[C@@H](O)[C@H](O)[C@H](O)CO)CCCC(C)CCCC(C)C. The monoisotopic (exact) mass is 404 g/mol. The van der Waals surface area contributed by atoms with Crippen LogP contribution in [0.25, 0.3) is 0 Å². The summed E-state index contributed by atoms with van der Waals surface area (Å²) >= 11 is 0. The summed E-state index contributed by atoms with van der Waals surface area (Å²) in [4.78, 5) is 11.8. The van der Waals surface area contributed by atoms with Gasteiger partial charge in [-0.2, -0.15) is 0 Å². The van der Waals surface area contributed by atoms with Gasteiger partial charge in [0.15, 0.2) is 0 Å². The Bertz CT molecular complexity index is 450. The van der Waals surface area contributed by atoms with Crippen molar-refractivity contribution in [2.75, 3.05) is 13.2 Å². The molecule has 1 unspecified atom stereocenters. The lowest BCUT2D eigenvalue weighted by Crippen LogP contribution is -2.47. The lowest BCUT2D eigenvalue weighted by molar-refractivity contribution is -0.151. The lowest BCUT2D eigenvalue weighted by Gasteiger charge is -2.25. The van der Waals surface area contributed by atoms with E-state index in [1.165, 1.54) is 25.3 Å². The standard InChI is InChI=1S/C21H40O7/c1-14(2)7-5-8-15(3)9-6-10-16(4)11-19(25)28-13-18(24)21(27)20(26)17(23)12-22/h11,14-15,17-18,20-24,26-27H,5-10,12-13H2,1-4H3/t15?,17-,18+,20-,21-/m1/s1. The molecule has 0 aromatic rings. The van der Waals surface area contributed by atoms with Gasteiger partial charge in [0.05, 0.1) is 6.61 Å². The van der Waals surface area contributed by atoms with Crippen LogP contribution >= 0.6 is 0 Å². The van der Waals surface area contributed by atoms with Crippen molar-refractivity contribution in [3.8, 4) is 0 Å². The van der Waals surface area contributed by atoms with E-state index in [-0.39, 0.29) is 0 Å². The zero-order valence-electron chi connectivity index (χ0n) is 17.8. The molecule has 0 saturated carbocycles. The van der Waals surface area contributed by atoms with Gasteiger partial charge >= 0.3 is 5.97 Å². The minimum Gasteiger partial charge on any atom is -0.460 e. The van der Waals surface area contributed by atoms with Gasteiger partial charge in [-0.15, -0.1) is 0 Å². The summed E-state index contributed by atoms with van der Waals surface area (Å²) in [6.45, 7) is 7.28. The van der Waals surface area contributed by atoms with Crippen LogP contribution in [0.4, 0.5) is 0 Å². The fourth-order valence-electron chi connectivity index (χ4n) is 2.89. The van der Waals surface area contributed by atoms with Gasteiger partial charge in [-0.1, -0.05) is 52.0 Å². The van der Waals surface area contributed by atoms with Gasteiger partial charge in [0.1, 0.15) is 31.0 Å². The molecule has 7 nitrogen and oxygen atoms in total. The van der Waals surface area contributed by atoms with Crippen LogP contribution in [0.5, 0.6) is 0 Å². The Morgan fingerprint density at radius 3 is 2.07 bits per heavy atom. The van der Waals surface area contributed by atoms with Gasteiger partial charge in [0.2, 0.25) is 0 Å². The average molecular weight is 405 g/mol. The molecule has 0 rings (SSSR count). The van der Waals surface area contributed by atoms with E-state index in [1.807, 2.05) is 6.92 Å². The van der Waals surface area contributed by atoms with E-state index < -0.39 is 43.6 Å². The van der Waals surface area contributed by atoms with Crippen molar-refractivity contribution >= 4 is 5.97 Å². The van der Waals surface area contributed by atoms with Crippen LogP contribution in [-0.2, 0) is 9.53 Å². The van der Waals surface area contributed by atoms with Crippen molar-refractivity contribution < 1.29 is 35.1 Å². The van der Waals surface area contributed by atoms with E-state index in [1.54, 1.807) is 0 Å². The molecule has 5 N–H and O–H groups in total. The Labute approximate surface area is 169 Å². The van der Waals surface area contributed by atoms with E-state index in [9.17, 15) is 25.2 Å². The lowest BCUT2D eigenvalue weighted by atomic mass is 9.94. The molecule has 5 atom stereocenters. The van der Waals surface area contributed by atoms with Crippen LogP contribution in [0.15, 0.2) is 11.6 Å². The number of hydrogen-bond donors (Lipinski definition) is 5. The van der Waals surface area contributed by atoms with Crippen LogP contribution in [0.1, 0.15) is 66.2 Å². The van der Waals surface area contributed by atoms with Crippen molar-refractivity contribution in [3.05, 3.63) is 11.6 Å². The minimum atomic E-state index is -1.74. The molecule has 0 heterocycles. The summed E-state index contributed by atoms with van der Waals surface area (Å²) in [6, 6.07) is 0. The maximum atomic E-state index is 11.8. The predicted octanol–water partition coefficient (Wildman–Crippen LogP) is 1.54. The van der Waals surface area contributed by atoms with E-state index in [0.717, 1.165) is 30.8 Å². The summed E-state index contributed by atoms with van der Waals surface area (Å²) in [6.07, 6.45) is 1.34. The number of carbonyl (C=O) groups excluding carboxylic acids is 1. The Morgan fingerprint density at radius 2 is 1.50 bits per heavy atom. The number of aliphatic hydroxyl groups is 5. The molecule has 28 heavy (non-hydrogen) atoms. The Morgan fingerprint density at radius 1 is 0.929 bits per heavy atom. The maximum Gasteiger partial charge on any atom is 0.330 e. The van der Waals surface area contributed by atoms with E-state index >= 15 is 0 Å². The maximum absolute atomic E-state index is 11.8. The van der Waals surface area contributed by atoms with Crippen molar-refractivity contribution in [2.24, 2.45) is 11.8 Å². The summed E-state index contributed by atoms with van der Waals surface area (Å²) in [5.74, 6) is 0.771. The third-order valence-corrected chi connectivity index (χ3v) is 4.83. The number of rotatable bonds is 15. The normalized spacial score (nSPS) is 17.9. The second-order valence-corrected chi connectivity index (χ2v) is 8.24. The van der Waals surface area contributed by atoms with E-state index in [0.29, 0.717) is 5.92 Å². The summed E-state index contributed by atoms with van der Waals surface area (Å²) < 4.78 is 4.88. The largest absolute Gasteiger partial charge is 0.460 e. The highest BCUT2D eigenvalue weighted by Crippen LogP contribution is 2.19. The summed E-state index contributed by atoms with van der Waals surface area (Å²) in [5.41, 5.74) is 0.880. The molecule has 0 bridgehead atoms. The zero-order valence-corrected chi connectivity index (χ0v) is 17.8. The van der Waals surface area contributed by atoms with Crippen molar-refractivity contribution in [3.63, 3.8) is 0 Å². The van der Waals surface area contributed by atoms with Crippen molar-refractivity contribution in [1.82, 2.24) is 0 Å². The first kappa shape index (κ1) is 27.0. The first-order valence-corrected chi connectivity index (χ1v) is 10.3. The van der Waals surface area contributed by atoms with Gasteiger partial charge < -0.3 is 30.3 Å². The average Bonchev–Trinajstić information content (AvgIpc) is 2.63. The van der Waals surface area contributed by atoms with Gasteiger partial charge in [-0.3, -0.25) is 0 Å². The highest BCUT2D eigenvalue weighted by molar-refractivity contribution is 5.82. The molecule has 0 aliphatic heterocycles. The third-order valence-electron chi connectivity index (χ3n) is 4.83. The van der Waals surface area contributed by atoms with Gasteiger partial charge in [-0.25, -0.2) is 4.79 Å². The molecular weight excluding hydrogens is 364 g/mol. The quantitative estimate of drug-likeness (QED) is 0.207. The second-order valence-electron chi connectivity index (χ2n) is 8.24. The van der Waals surface area contributed by atoms with Gasteiger partial charge in [0, 0.05) is 6.08 Å². The highest BCUT2D eigenvalue weighted by atomic mass is 16.5. The molecule has 0 spiro atoms. The number of aliphatic hydroxyl groups excluding tert-OH is 5. The van der Waals surface area contributed by atoms with Crippen molar-refractivity contribution in [2.45, 2.75) is 90.6 Å². The van der Waals surface area contributed by atoms with Crippen LogP contribution in [-0.4, -0.2) is 69.1 Å². The molecule has 0 amide bonds. The third kappa shape index (κ3) is 12.5. The fraction of sp³-hybridized carbons (Fsp3) is 0.857. The highest BCUT2D eigenvalue weighted by Gasteiger charge is 2.30. The molecule has 166 valence electrons. The molecule has 0 aromatic heterocycles. The van der Waals surface area contributed by atoms with Crippen LogP contribution < -0.4 is 0 Å². The number of ether oxygens (including phenoxy) is 1. The number of esters is 1. The van der Waals surface area contributed by atoms with E-state index in [2.05, 4.69) is 20.8 Å². The van der Waals surface area contributed by atoms with Crippen molar-refractivity contribution in [1.29, 1.82) is 0 Å². The first-order chi connectivity index (χ1) is 13.1. The topological polar surface area (TPSA) is 127 Å². The Kier molecular flexibility index (Phi) is 14.4. The number of hydrogen-bond acceptors (Lipinski definition) is 7. The van der Waals surface area contributed by atoms with Gasteiger partial charge in [0.25, 0.3) is 0 Å². The first-order valence-electron chi connectivity index (χ1n) is 10.3. The van der Waals surface area contributed by atoms with E-state index in [4.69, 9.17) is 9.84 Å². The smallest absolute Gasteiger partial charge is 0.330 e. The molecule has 0 aliphatic rings. The van der Waals surface area contributed by atoms with Crippen LogP contribution in [0.3, 0.4) is 0 Å². The fourth-order valence-corrected chi connectivity index (χ4v) is 2.89. The molecular formula is C21H40O7. The predicted molar refractivity (Wildman–Crippen MR) is 108 cm³/mol. The van der Waals surface area contributed by atoms with Crippen LogP contribution in [0.2, 0.25) is 0 Å². The summed E-state index contributed by atoms with van der Waals surface area (Å²) in [7, 11) is 0. The van der Waals surface area contributed by atoms with Gasteiger partial charge in [-0.05, 0) is 31.6 Å².